The molecule has 3 aromatic rings. The first-order chi connectivity index (χ1) is 13.8. The molecule has 7 nitrogen and oxygen atoms in total. The monoisotopic (exact) mass is 451 g/mol. The lowest BCUT2D eigenvalue weighted by Gasteiger charge is -2.11. The first-order valence-corrected chi connectivity index (χ1v) is 10.4. The van der Waals surface area contributed by atoms with Crippen LogP contribution in [-0.4, -0.2) is 26.4 Å². The van der Waals surface area contributed by atoms with E-state index < -0.39 is 15.9 Å². The van der Waals surface area contributed by atoms with Crippen molar-refractivity contribution in [3.8, 4) is 5.75 Å². The lowest BCUT2D eigenvalue weighted by atomic mass is 10.2. The smallest absolute Gasteiger partial charge is 0.261 e. The number of nitrogens with one attached hydrogen (secondary N) is 2. The number of aromatic nitrogens is 1. The van der Waals surface area contributed by atoms with Crippen molar-refractivity contribution in [1.29, 1.82) is 0 Å². The third-order valence-corrected chi connectivity index (χ3v) is 5.87. The van der Waals surface area contributed by atoms with Gasteiger partial charge in [-0.15, -0.1) is 0 Å². The number of anilines is 2. The summed E-state index contributed by atoms with van der Waals surface area (Å²) < 4.78 is 32.8. The van der Waals surface area contributed by atoms with Crippen molar-refractivity contribution in [3.63, 3.8) is 0 Å². The molecule has 0 aliphatic rings. The normalized spacial score (nSPS) is 11.0. The highest BCUT2D eigenvalue weighted by molar-refractivity contribution is 7.92. The summed E-state index contributed by atoms with van der Waals surface area (Å²) in [5.41, 5.74) is 0.852. The van der Waals surface area contributed by atoms with Crippen LogP contribution in [0.5, 0.6) is 5.75 Å². The number of pyridine rings is 1. The SMILES string of the molecule is COc1ccc(NS(=O)(=O)c2cccc(NC(=O)c3cnc(Cl)c(Cl)c3)c2)cc1. The summed E-state index contributed by atoms with van der Waals surface area (Å²) in [5.74, 6) is 0.100. The quantitative estimate of drug-likeness (QED) is 0.539. The standard InChI is InChI=1S/C19H15Cl2N3O4S/c1-28-15-7-5-13(6-8-15)24-29(26,27)16-4-2-3-14(10-16)23-19(25)12-9-17(20)18(21)22-11-12/h2-11,24H,1H3,(H,23,25). The fourth-order valence-corrected chi connectivity index (χ4v) is 3.74. The van der Waals surface area contributed by atoms with Gasteiger partial charge in [-0.3, -0.25) is 9.52 Å². The zero-order chi connectivity index (χ0) is 21.0. The Morgan fingerprint density at radius 1 is 1.03 bits per heavy atom. The van der Waals surface area contributed by atoms with E-state index in [0.29, 0.717) is 17.1 Å². The lowest BCUT2D eigenvalue weighted by molar-refractivity contribution is 0.102. The Bertz CT molecular complexity index is 1150. The van der Waals surface area contributed by atoms with E-state index in [1.165, 1.54) is 37.6 Å². The van der Waals surface area contributed by atoms with Crippen molar-refractivity contribution >= 4 is 50.5 Å². The van der Waals surface area contributed by atoms with Crippen molar-refractivity contribution in [2.45, 2.75) is 4.90 Å². The van der Waals surface area contributed by atoms with Crippen LogP contribution >= 0.6 is 23.2 Å². The minimum atomic E-state index is -3.86. The van der Waals surface area contributed by atoms with E-state index in [-0.39, 0.29) is 20.6 Å². The average Bonchev–Trinajstić information content (AvgIpc) is 2.70. The van der Waals surface area contributed by atoms with Crippen LogP contribution < -0.4 is 14.8 Å². The first kappa shape index (κ1) is 20.9. The molecule has 0 spiro atoms. The molecule has 0 unspecified atom stereocenters. The van der Waals surface area contributed by atoms with Gasteiger partial charge in [0.25, 0.3) is 15.9 Å². The second-order valence-electron chi connectivity index (χ2n) is 5.81. The van der Waals surface area contributed by atoms with E-state index in [9.17, 15) is 13.2 Å². The molecule has 150 valence electrons. The first-order valence-electron chi connectivity index (χ1n) is 8.18. The van der Waals surface area contributed by atoms with E-state index in [1.807, 2.05) is 0 Å². The van der Waals surface area contributed by atoms with Crippen LogP contribution in [0.15, 0.2) is 65.7 Å². The molecule has 0 bridgehead atoms. The highest BCUT2D eigenvalue weighted by Crippen LogP contribution is 2.23. The Morgan fingerprint density at radius 3 is 2.41 bits per heavy atom. The zero-order valence-corrected chi connectivity index (χ0v) is 17.3. The number of hydrogen-bond donors (Lipinski definition) is 2. The molecule has 10 heteroatoms. The summed E-state index contributed by atoms with van der Waals surface area (Å²) in [7, 11) is -2.34. The zero-order valence-electron chi connectivity index (χ0n) is 15.0. The van der Waals surface area contributed by atoms with Gasteiger partial charge in [0.15, 0.2) is 0 Å². The Balaban J connectivity index is 1.78. The lowest BCUT2D eigenvalue weighted by Crippen LogP contribution is -2.15. The van der Waals surface area contributed by atoms with Crippen molar-refractivity contribution < 1.29 is 17.9 Å². The molecule has 3 rings (SSSR count). The maximum absolute atomic E-state index is 12.6. The molecule has 0 saturated heterocycles. The molecule has 2 aromatic carbocycles. The number of nitrogens with zero attached hydrogens (tertiary/aromatic N) is 1. The third kappa shape index (κ3) is 5.17. The maximum atomic E-state index is 12.6. The molecule has 29 heavy (non-hydrogen) atoms. The fraction of sp³-hybridized carbons (Fsp3) is 0.0526. The van der Waals surface area contributed by atoms with Crippen molar-refractivity contribution in [1.82, 2.24) is 4.98 Å². The van der Waals surface area contributed by atoms with Crippen LogP contribution in [0.4, 0.5) is 11.4 Å². The van der Waals surface area contributed by atoms with E-state index in [0.717, 1.165) is 0 Å². The van der Waals surface area contributed by atoms with Crippen molar-refractivity contribution in [3.05, 3.63) is 76.5 Å². The van der Waals surface area contributed by atoms with Gasteiger partial charge < -0.3 is 10.1 Å². The maximum Gasteiger partial charge on any atom is 0.261 e. The Labute approximate surface area is 177 Å². The molecule has 0 saturated carbocycles. The summed E-state index contributed by atoms with van der Waals surface area (Å²) in [6, 6.07) is 13.7. The minimum Gasteiger partial charge on any atom is -0.497 e. The largest absolute Gasteiger partial charge is 0.497 e. The number of halogens is 2. The van der Waals surface area contributed by atoms with Crippen LogP contribution in [0.2, 0.25) is 10.2 Å². The molecular formula is C19H15Cl2N3O4S. The van der Waals surface area contributed by atoms with Gasteiger partial charge in [0.2, 0.25) is 0 Å². The Hall–Kier alpha value is -2.81. The van der Waals surface area contributed by atoms with Crippen LogP contribution in [-0.2, 0) is 10.0 Å². The molecule has 0 aliphatic heterocycles. The number of hydrogen-bond acceptors (Lipinski definition) is 5. The molecule has 0 atom stereocenters. The fourth-order valence-electron chi connectivity index (χ4n) is 2.36. The molecule has 1 amide bonds. The number of rotatable bonds is 6. The van der Waals surface area contributed by atoms with Gasteiger partial charge in [-0.05, 0) is 48.5 Å². The van der Waals surface area contributed by atoms with Gasteiger partial charge in [-0.25, -0.2) is 13.4 Å². The van der Waals surface area contributed by atoms with Gasteiger partial charge in [0, 0.05) is 17.6 Å². The minimum absolute atomic E-state index is 0.0154. The van der Waals surface area contributed by atoms with Crippen molar-refractivity contribution in [2.24, 2.45) is 0 Å². The molecule has 0 aliphatic carbocycles. The molecule has 1 heterocycles. The number of benzene rings is 2. The van der Waals surface area contributed by atoms with Gasteiger partial charge in [-0.2, -0.15) is 0 Å². The van der Waals surface area contributed by atoms with Gasteiger partial charge in [0.05, 0.1) is 22.6 Å². The summed E-state index contributed by atoms with van der Waals surface area (Å²) in [6.45, 7) is 0. The molecular weight excluding hydrogens is 437 g/mol. The summed E-state index contributed by atoms with van der Waals surface area (Å²) in [4.78, 5) is 16.2. The van der Waals surface area contributed by atoms with Crippen molar-refractivity contribution in [2.75, 3.05) is 17.1 Å². The summed E-state index contributed by atoms with van der Waals surface area (Å²) in [5, 5.41) is 2.83. The highest BCUT2D eigenvalue weighted by Gasteiger charge is 2.16. The van der Waals surface area contributed by atoms with E-state index in [4.69, 9.17) is 27.9 Å². The van der Waals surface area contributed by atoms with Gasteiger partial charge in [0.1, 0.15) is 10.9 Å². The highest BCUT2D eigenvalue weighted by atomic mass is 35.5. The van der Waals surface area contributed by atoms with E-state index in [1.54, 1.807) is 30.3 Å². The van der Waals surface area contributed by atoms with Crippen LogP contribution in [0.25, 0.3) is 0 Å². The van der Waals surface area contributed by atoms with Crippen LogP contribution in [0.3, 0.4) is 0 Å². The third-order valence-electron chi connectivity index (χ3n) is 3.80. The number of carbonyl (C=O) groups excluding carboxylic acids is 1. The van der Waals surface area contributed by atoms with E-state index in [2.05, 4.69) is 15.0 Å². The Kier molecular flexibility index (Phi) is 6.26. The molecule has 1 aromatic heterocycles. The number of sulfonamides is 1. The summed E-state index contributed by atoms with van der Waals surface area (Å²) >= 11 is 11.6. The van der Waals surface area contributed by atoms with Gasteiger partial charge in [-0.1, -0.05) is 29.3 Å². The predicted molar refractivity (Wildman–Crippen MR) is 112 cm³/mol. The van der Waals surface area contributed by atoms with Gasteiger partial charge >= 0.3 is 0 Å². The average molecular weight is 452 g/mol. The second-order valence-corrected chi connectivity index (χ2v) is 8.26. The topological polar surface area (TPSA) is 97.4 Å². The number of ether oxygens (including phenoxy) is 1. The molecule has 0 radical (unpaired) electrons. The van der Waals surface area contributed by atoms with Crippen LogP contribution in [0.1, 0.15) is 10.4 Å². The summed E-state index contributed by atoms with van der Waals surface area (Å²) in [6.07, 6.45) is 1.27. The molecule has 0 fully saturated rings. The van der Waals surface area contributed by atoms with E-state index >= 15 is 0 Å². The number of methoxy groups -OCH3 is 1. The van der Waals surface area contributed by atoms with Crippen LogP contribution in [0, 0.1) is 0 Å². The molecule has 2 N–H and O–H groups in total. The predicted octanol–water partition coefficient (Wildman–Crippen LogP) is 4.45. The number of carbonyl (C=O) groups is 1. The Morgan fingerprint density at radius 2 is 1.76 bits per heavy atom. The second kappa shape index (κ2) is 8.69. The number of amides is 1.